The lowest BCUT2D eigenvalue weighted by molar-refractivity contribution is 0.417. The number of nitrogens with zero attached hydrogens (tertiary/aromatic N) is 1. The van der Waals surface area contributed by atoms with Gasteiger partial charge in [-0.3, -0.25) is 0 Å². The van der Waals surface area contributed by atoms with Crippen LogP contribution in [0.25, 0.3) is 17.2 Å². The highest BCUT2D eigenvalue weighted by atomic mass is 16.3. The fourth-order valence-electron chi connectivity index (χ4n) is 1.48. The topological polar surface area (TPSA) is 46.3 Å². The number of fused-ring (bicyclic) bond motifs is 1. The molecule has 0 radical (unpaired) electrons. The van der Waals surface area contributed by atoms with Gasteiger partial charge in [-0.2, -0.15) is 0 Å². The highest BCUT2D eigenvalue weighted by Crippen LogP contribution is 2.23. The largest absolute Gasteiger partial charge is 0.512 e. The minimum atomic E-state index is 0.191. The third-order valence-electron chi connectivity index (χ3n) is 2.43. The van der Waals surface area contributed by atoms with Crippen LogP contribution in [-0.2, 0) is 0 Å². The lowest BCUT2D eigenvalue weighted by atomic mass is 10.1. The number of rotatable bonds is 1. The number of benzene rings is 1. The van der Waals surface area contributed by atoms with E-state index in [1.807, 2.05) is 26.0 Å². The van der Waals surface area contributed by atoms with Gasteiger partial charge in [0.1, 0.15) is 5.52 Å². The van der Waals surface area contributed by atoms with Crippen molar-refractivity contribution in [1.82, 2.24) is 4.98 Å². The molecule has 15 heavy (non-hydrogen) atoms. The van der Waals surface area contributed by atoms with E-state index < -0.39 is 0 Å². The highest BCUT2D eigenvalue weighted by molar-refractivity contribution is 5.78. The first-order valence-electron chi connectivity index (χ1n) is 4.82. The summed E-state index contributed by atoms with van der Waals surface area (Å²) in [7, 11) is 0. The molecule has 0 bridgehead atoms. The standard InChI is InChI=1S/C12H13NO2/c1-7-4-5-10-12(9(7)3)15-11(13-10)6-8(2)14/h4-6,14H,1-3H3. The molecule has 0 saturated heterocycles. The third kappa shape index (κ3) is 1.73. The van der Waals surface area contributed by atoms with Crippen molar-refractivity contribution in [3.8, 4) is 0 Å². The Morgan fingerprint density at radius 2 is 2.13 bits per heavy atom. The molecule has 1 N–H and O–H groups in total. The molecular formula is C12H13NO2. The van der Waals surface area contributed by atoms with Gasteiger partial charge in [0.25, 0.3) is 0 Å². The van der Waals surface area contributed by atoms with Gasteiger partial charge in [0.2, 0.25) is 5.89 Å². The fourth-order valence-corrected chi connectivity index (χ4v) is 1.48. The molecule has 1 aromatic carbocycles. The molecule has 0 fully saturated rings. The molecule has 0 aliphatic carbocycles. The molecule has 1 heterocycles. The highest BCUT2D eigenvalue weighted by Gasteiger charge is 2.07. The molecular weight excluding hydrogens is 190 g/mol. The Kier molecular flexibility index (Phi) is 2.23. The summed E-state index contributed by atoms with van der Waals surface area (Å²) in [6, 6.07) is 3.94. The van der Waals surface area contributed by atoms with Gasteiger partial charge in [0.05, 0.1) is 5.76 Å². The number of aliphatic hydroxyl groups excluding tert-OH is 1. The molecule has 0 spiro atoms. The Bertz CT molecular complexity index is 534. The summed E-state index contributed by atoms with van der Waals surface area (Å²) in [6.07, 6.45) is 1.51. The summed E-state index contributed by atoms with van der Waals surface area (Å²) in [5.41, 5.74) is 3.89. The van der Waals surface area contributed by atoms with E-state index in [9.17, 15) is 0 Å². The van der Waals surface area contributed by atoms with Gasteiger partial charge in [0.15, 0.2) is 5.58 Å². The van der Waals surface area contributed by atoms with Gasteiger partial charge in [-0.15, -0.1) is 0 Å². The first kappa shape index (κ1) is 9.77. The van der Waals surface area contributed by atoms with Crippen LogP contribution in [0.2, 0.25) is 0 Å². The lowest BCUT2D eigenvalue weighted by Gasteiger charge is -1.97. The van der Waals surface area contributed by atoms with E-state index in [4.69, 9.17) is 9.52 Å². The second-order valence-electron chi connectivity index (χ2n) is 3.69. The van der Waals surface area contributed by atoms with E-state index in [1.165, 1.54) is 11.6 Å². The molecule has 0 unspecified atom stereocenters. The van der Waals surface area contributed by atoms with Crippen molar-refractivity contribution in [3.63, 3.8) is 0 Å². The van der Waals surface area contributed by atoms with Crippen LogP contribution in [0.1, 0.15) is 23.9 Å². The average Bonchev–Trinajstić information content (AvgIpc) is 2.54. The minimum absolute atomic E-state index is 0.191. The summed E-state index contributed by atoms with van der Waals surface area (Å²) in [6.45, 7) is 5.62. The summed E-state index contributed by atoms with van der Waals surface area (Å²) in [4.78, 5) is 4.25. The summed E-state index contributed by atoms with van der Waals surface area (Å²) >= 11 is 0. The van der Waals surface area contributed by atoms with Crippen LogP contribution in [0, 0.1) is 13.8 Å². The van der Waals surface area contributed by atoms with Crippen LogP contribution in [0.15, 0.2) is 22.3 Å². The lowest BCUT2D eigenvalue weighted by Crippen LogP contribution is -1.79. The van der Waals surface area contributed by atoms with Gasteiger partial charge < -0.3 is 9.52 Å². The molecule has 3 nitrogen and oxygen atoms in total. The van der Waals surface area contributed by atoms with E-state index >= 15 is 0 Å². The fraction of sp³-hybridized carbons (Fsp3) is 0.250. The average molecular weight is 203 g/mol. The van der Waals surface area contributed by atoms with Gasteiger partial charge in [-0.05, 0) is 38.0 Å². The Labute approximate surface area is 88.1 Å². The summed E-state index contributed by atoms with van der Waals surface area (Å²) in [5.74, 6) is 0.634. The molecule has 3 heteroatoms. The molecule has 2 rings (SSSR count). The number of aliphatic hydroxyl groups is 1. The van der Waals surface area contributed by atoms with Crippen LogP contribution < -0.4 is 0 Å². The summed E-state index contributed by atoms with van der Waals surface area (Å²) < 4.78 is 5.54. The number of aromatic nitrogens is 1. The molecule has 2 aromatic rings. The second kappa shape index (κ2) is 3.42. The van der Waals surface area contributed by atoms with Crippen LogP contribution in [-0.4, -0.2) is 10.1 Å². The van der Waals surface area contributed by atoms with Crippen LogP contribution in [0.3, 0.4) is 0 Å². The van der Waals surface area contributed by atoms with Crippen molar-refractivity contribution in [2.24, 2.45) is 0 Å². The third-order valence-corrected chi connectivity index (χ3v) is 2.43. The predicted molar refractivity (Wildman–Crippen MR) is 59.8 cm³/mol. The van der Waals surface area contributed by atoms with E-state index in [1.54, 1.807) is 6.92 Å². The quantitative estimate of drug-likeness (QED) is 0.723. The first-order chi connectivity index (χ1) is 7.08. The molecule has 0 amide bonds. The van der Waals surface area contributed by atoms with Gasteiger partial charge in [-0.1, -0.05) is 6.07 Å². The van der Waals surface area contributed by atoms with E-state index in [0.717, 1.165) is 16.7 Å². The Hall–Kier alpha value is -1.77. The first-order valence-corrected chi connectivity index (χ1v) is 4.82. The number of oxazole rings is 1. The Balaban J connectivity index is 2.66. The molecule has 0 saturated carbocycles. The van der Waals surface area contributed by atoms with Crippen molar-refractivity contribution >= 4 is 17.2 Å². The van der Waals surface area contributed by atoms with E-state index in [2.05, 4.69) is 4.98 Å². The monoisotopic (exact) mass is 203 g/mol. The SMILES string of the molecule is CC(O)=Cc1nc2ccc(C)c(C)c2o1. The zero-order chi connectivity index (χ0) is 11.0. The smallest absolute Gasteiger partial charge is 0.223 e. The molecule has 78 valence electrons. The summed E-state index contributed by atoms with van der Waals surface area (Å²) in [5, 5.41) is 9.12. The number of hydrogen-bond acceptors (Lipinski definition) is 3. The second-order valence-corrected chi connectivity index (χ2v) is 3.69. The zero-order valence-corrected chi connectivity index (χ0v) is 9.03. The van der Waals surface area contributed by atoms with Crippen molar-refractivity contribution in [3.05, 3.63) is 34.9 Å². The molecule has 1 aromatic heterocycles. The maximum Gasteiger partial charge on any atom is 0.223 e. The number of allylic oxidation sites excluding steroid dienone is 1. The van der Waals surface area contributed by atoms with Crippen LogP contribution >= 0.6 is 0 Å². The zero-order valence-electron chi connectivity index (χ0n) is 9.03. The van der Waals surface area contributed by atoms with E-state index in [-0.39, 0.29) is 5.76 Å². The normalized spacial score (nSPS) is 12.3. The van der Waals surface area contributed by atoms with Crippen molar-refractivity contribution in [2.75, 3.05) is 0 Å². The van der Waals surface area contributed by atoms with Crippen molar-refractivity contribution < 1.29 is 9.52 Å². The molecule has 0 atom stereocenters. The Morgan fingerprint density at radius 3 is 2.80 bits per heavy atom. The molecule has 0 aliphatic rings. The maximum absolute atomic E-state index is 9.12. The van der Waals surface area contributed by atoms with Gasteiger partial charge in [-0.25, -0.2) is 4.98 Å². The predicted octanol–water partition coefficient (Wildman–Crippen LogP) is 3.36. The Morgan fingerprint density at radius 1 is 1.40 bits per heavy atom. The minimum Gasteiger partial charge on any atom is -0.512 e. The van der Waals surface area contributed by atoms with Crippen LogP contribution in [0.5, 0.6) is 0 Å². The number of hydrogen-bond donors (Lipinski definition) is 1. The van der Waals surface area contributed by atoms with Gasteiger partial charge >= 0.3 is 0 Å². The maximum atomic E-state index is 9.12. The van der Waals surface area contributed by atoms with Crippen molar-refractivity contribution in [1.29, 1.82) is 0 Å². The molecule has 0 aliphatic heterocycles. The number of aryl methyl sites for hydroxylation is 2. The van der Waals surface area contributed by atoms with Crippen molar-refractivity contribution in [2.45, 2.75) is 20.8 Å². The van der Waals surface area contributed by atoms with Gasteiger partial charge in [0, 0.05) is 6.08 Å². The van der Waals surface area contributed by atoms with E-state index in [0.29, 0.717) is 5.89 Å². The van der Waals surface area contributed by atoms with Crippen LogP contribution in [0.4, 0.5) is 0 Å².